The van der Waals surface area contributed by atoms with Crippen molar-refractivity contribution >= 4 is 21.9 Å². The standard InChI is InChI=1S/C16H24N2O5S/c1-11(2)18-24(22,23)13-7-5-6-12(10-13)14(19)17-9-8-16(3,4)15(20)21/h5-7,10-11,18H,8-9H2,1-4H3,(H,17,19)(H,20,21). The summed E-state index contributed by atoms with van der Waals surface area (Å²) in [4.78, 5) is 23.2. The van der Waals surface area contributed by atoms with Gasteiger partial charge in [-0.05, 0) is 52.3 Å². The maximum atomic E-state index is 12.1. The van der Waals surface area contributed by atoms with Crippen LogP contribution in [-0.4, -0.2) is 38.0 Å². The number of benzene rings is 1. The van der Waals surface area contributed by atoms with Gasteiger partial charge in [0.15, 0.2) is 0 Å². The van der Waals surface area contributed by atoms with Gasteiger partial charge >= 0.3 is 5.97 Å². The van der Waals surface area contributed by atoms with Crippen molar-refractivity contribution in [3.05, 3.63) is 29.8 Å². The lowest BCUT2D eigenvalue weighted by atomic mass is 9.90. The topological polar surface area (TPSA) is 113 Å². The number of carbonyl (C=O) groups is 2. The van der Waals surface area contributed by atoms with Crippen molar-refractivity contribution in [1.82, 2.24) is 10.0 Å². The van der Waals surface area contributed by atoms with Gasteiger partial charge in [0.1, 0.15) is 0 Å². The van der Waals surface area contributed by atoms with Gasteiger partial charge in [0, 0.05) is 18.2 Å². The molecule has 0 fully saturated rings. The van der Waals surface area contributed by atoms with Crippen LogP contribution in [0.3, 0.4) is 0 Å². The van der Waals surface area contributed by atoms with Crippen LogP contribution in [0.1, 0.15) is 44.5 Å². The normalized spacial score (nSPS) is 12.2. The molecular formula is C16H24N2O5S. The maximum Gasteiger partial charge on any atom is 0.309 e. The second kappa shape index (κ2) is 7.76. The van der Waals surface area contributed by atoms with Crippen LogP contribution in [-0.2, 0) is 14.8 Å². The Bertz CT molecular complexity index is 711. The first kappa shape index (κ1) is 20.1. The Kier molecular flexibility index (Phi) is 6.50. The van der Waals surface area contributed by atoms with Gasteiger partial charge in [0.05, 0.1) is 10.3 Å². The van der Waals surface area contributed by atoms with E-state index >= 15 is 0 Å². The minimum atomic E-state index is -3.68. The zero-order valence-corrected chi connectivity index (χ0v) is 15.1. The number of hydrogen-bond donors (Lipinski definition) is 3. The van der Waals surface area contributed by atoms with E-state index in [0.29, 0.717) is 0 Å². The summed E-state index contributed by atoms with van der Waals surface area (Å²) in [6.07, 6.45) is 0.265. The number of amides is 1. The van der Waals surface area contributed by atoms with Gasteiger partial charge in [-0.3, -0.25) is 9.59 Å². The number of carbonyl (C=O) groups excluding carboxylic acids is 1. The number of carboxylic acid groups (broad SMARTS) is 1. The van der Waals surface area contributed by atoms with Gasteiger partial charge in [-0.2, -0.15) is 0 Å². The van der Waals surface area contributed by atoms with Gasteiger partial charge in [-0.25, -0.2) is 13.1 Å². The van der Waals surface area contributed by atoms with Crippen LogP contribution in [0.5, 0.6) is 0 Å². The van der Waals surface area contributed by atoms with E-state index in [-0.39, 0.29) is 29.5 Å². The number of carboxylic acids is 1. The van der Waals surface area contributed by atoms with Crippen molar-refractivity contribution in [2.45, 2.75) is 45.1 Å². The zero-order chi connectivity index (χ0) is 18.5. The Morgan fingerprint density at radius 3 is 2.42 bits per heavy atom. The quantitative estimate of drug-likeness (QED) is 0.655. The summed E-state index contributed by atoms with van der Waals surface area (Å²) in [6, 6.07) is 5.44. The molecule has 0 bridgehead atoms. The van der Waals surface area contributed by atoms with E-state index in [2.05, 4.69) is 10.0 Å². The van der Waals surface area contributed by atoms with Crippen molar-refractivity contribution in [3.63, 3.8) is 0 Å². The highest BCUT2D eigenvalue weighted by Gasteiger charge is 2.26. The molecule has 3 N–H and O–H groups in total. The molecule has 8 heteroatoms. The molecule has 1 aromatic carbocycles. The molecule has 0 radical (unpaired) electrons. The molecule has 0 aliphatic rings. The van der Waals surface area contributed by atoms with E-state index in [1.165, 1.54) is 24.3 Å². The minimum absolute atomic E-state index is 0.00900. The SMILES string of the molecule is CC(C)NS(=O)(=O)c1cccc(C(=O)NCCC(C)(C)C(=O)O)c1. The van der Waals surface area contributed by atoms with E-state index in [1.807, 2.05) is 0 Å². The molecule has 7 nitrogen and oxygen atoms in total. The molecule has 1 aromatic rings. The summed E-state index contributed by atoms with van der Waals surface area (Å²) in [5.74, 6) is -1.39. The number of nitrogens with one attached hydrogen (secondary N) is 2. The summed E-state index contributed by atoms with van der Waals surface area (Å²) in [7, 11) is -3.68. The van der Waals surface area contributed by atoms with Crippen LogP contribution >= 0.6 is 0 Å². The van der Waals surface area contributed by atoms with Crippen molar-refractivity contribution in [2.75, 3.05) is 6.54 Å². The molecule has 0 spiro atoms. The minimum Gasteiger partial charge on any atom is -0.481 e. The molecule has 0 aromatic heterocycles. The highest BCUT2D eigenvalue weighted by molar-refractivity contribution is 7.89. The highest BCUT2D eigenvalue weighted by atomic mass is 32.2. The van der Waals surface area contributed by atoms with Gasteiger partial charge in [-0.15, -0.1) is 0 Å². The fourth-order valence-corrected chi connectivity index (χ4v) is 3.18. The molecular weight excluding hydrogens is 332 g/mol. The Balaban J connectivity index is 2.80. The smallest absolute Gasteiger partial charge is 0.309 e. The lowest BCUT2D eigenvalue weighted by molar-refractivity contribution is -0.147. The van der Waals surface area contributed by atoms with Gasteiger partial charge < -0.3 is 10.4 Å². The third kappa shape index (κ3) is 5.61. The van der Waals surface area contributed by atoms with Crippen LogP contribution in [0.2, 0.25) is 0 Å². The van der Waals surface area contributed by atoms with Crippen LogP contribution in [0.15, 0.2) is 29.2 Å². The molecule has 1 rings (SSSR count). The van der Waals surface area contributed by atoms with Crippen molar-refractivity contribution < 1.29 is 23.1 Å². The molecule has 1 amide bonds. The molecule has 0 aliphatic heterocycles. The summed E-state index contributed by atoms with van der Waals surface area (Å²) in [5.41, 5.74) is -0.741. The summed E-state index contributed by atoms with van der Waals surface area (Å²) in [6.45, 7) is 6.74. The second-order valence-electron chi connectivity index (χ2n) is 6.50. The molecule has 0 aliphatic carbocycles. The first-order valence-corrected chi connectivity index (χ1v) is 9.08. The van der Waals surface area contributed by atoms with Crippen LogP contribution < -0.4 is 10.0 Å². The van der Waals surface area contributed by atoms with E-state index in [0.717, 1.165) is 0 Å². The van der Waals surface area contributed by atoms with Gasteiger partial charge in [0.2, 0.25) is 10.0 Å². The third-order valence-corrected chi connectivity index (χ3v) is 5.07. The average molecular weight is 356 g/mol. The summed E-state index contributed by atoms with van der Waals surface area (Å²) in [5, 5.41) is 11.6. The predicted molar refractivity (Wildman–Crippen MR) is 90.3 cm³/mol. The second-order valence-corrected chi connectivity index (χ2v) is 8.21. The van der Waals surface area contributed by atoms with Gasteiger partial charge in [-0.1, -0.05) is 6.07 Å². The molecule has 24 heavy (non-hydrogen) atoms. The molecule has 0 heterocycles. The van der Waals surface area contributed by atoms with Crippen molar-refractivity contribution in [3.8, 4) is 0 Å². The first-order chi connectivity index (χ1) is 11.0. The Labute approximate surface area is 142 Å². The lowest BCUT2D eigenvalue weighted by Gasteiger charge is -2.19. The predicted octanol–water partition coefficient (Wildman–Crippen LogP) is 1.60. The monoisotopic (exact) mass is 356 g/mol. The largest absolute Gasteiger partial charge is 0.481 e. The van der Waals surface area contributed by atoms with Crippen LogP contribution in [0.4, 0.5) is 0 Å². The van der Waals surface area contributed by atoms with Crippen LogP contribution in [0.25, 0.3) is 0 Å². The molecule has 0 saturated heterocycles. The summed E-state index contributed by atoms with van der Waals surface area (Å²) >= 11 is 0. The fraction of sp³-hybridized carbons (Fsp3) is 0.500. The third-order valence-electron chi connectivity index (χ3n) is 3.41. The fourth-order valence-electron chi connectivity index (χ4n) is 1.88. The Morgan fingerprint density at radius 1 is 1.25 bits per heavy atom. The number of hydrogen-bond acceptors (Lipinski definition) is 4. The Morgan fingerprint density at radius 2 is 1.88 bits per heavy atom. The maximum absolute atomic E-state index is 12.1. The van der Waals surface area contributed by atoms with Gasteiger partial charge in [0.25, 0.3) is 5.91 Å². The van der Waals surface area contributed by atoms with Crippen molar-refractivity contribution in [2.24, 2.45) is 5.41 Å². The Hall–Kier alpha value is -1.93. The van der Waals surface area contributed by atoms with E-state index in [1.54, 1.807) is 27.7 Å². The zero-order valence-electron chi connectivity index (χ0n) is 14.3. The summed E-state index contributed by atoms with van der Waals surface area (Å²) < 4.78 is 26.7. The molecule has 0 unspecified atom stereocenters. The highest BCUT2D eigenvalue weighted by Crippen LogP contribution is 2.19. The lowest BCUT2D eigenvalue weighted by Crippen LogP contribution is -2.32. The number of rotatable bonds is 8. The number of aliphatic carboxylic acids is 1. The molecule has 0 saturated carbocycles. The first-order valence-electron chi connectivity index (χ1n) is 7.60. The average Bonchev–Trinajstić information content (AvgIpc) is 2.45. The number of sulfonamides is 1. The molecule has 134 valence electrons. The molecule has 0 atom stereocenters. The van der Waals surface area contributed by atoms with E-state index < -0.39 is 27.3 Å². The van der Waals surface area contributed by atoms with E-state index in [9.17, 15) is 18.0 Å². The van der Waals surface area contributed by atoms with Crippen LogP contribution in [0, 0.1) is 5.41 Å². The van der Waals surface area contributed by atoms with Crippen molar-refractivity contribution in [1.29, 1.82) is 0 Å². The van der Waals surface area contributed by atoms with E-state index in [4.69, 9.17) is 5.11 Å².